The van der Waals surface area contributed by atoms with E-state index in [0.717, 1.165) is 5.92 Å². The van der Waals surface area contributed by atoms with Crippen LogP contribution in [0.1, 0.15) is 43.7 Å². The van der Waals surface area contributed by atoms with Gasteiger partial charge in [0.15, 0.2) is 0 Å². The molecular formula is C16H25N. The van der Waals surface area contributed by atoms with Gasteiger partial charge in [0.05, 0.1) is 0 Å². The molecule has 0 radical (unpaired) electrons. The summed E-state index contributed by atoms with van der Waals surface area (Å²) < 4.78 is 0. The minimum absolute atomic E-state index is 0.414. The van der Waals surface area contributed by atoms with Crippen LogP contribution >= 0.6 is 0 Å². The van der Waals surface area contributed by atoms with E-state index >= 15 is 0 Å². The zero-order valence-corrected chi connectivity index (χ0v) is 11.2. The topological polar surface area (TPSA) is 26.0 Å². The third kappa shape index (κ3) is 3.10. The van der Waals surface area contributed by atoms with Gasteiger partial charge in [-0.2, -0.15) is 0 Å². The van der Waals surface area contributed by atoms with Crippen LogP contribution in [0.15, 0.2) is 24.3 Å². The van der Waals surface area contributed by atoms with E-state index in [-0.39, 0.29) is 0 Å². The summed E-state index contributed by atoms with van der Waals surface area (Å²) in [4.78, 5) is 0. The number of hydrogen-bond donors (Lipinski definition) is 1. The third-order valence-electron chi connectivity index (χ3n) is 4.47. The predicted molar refractivity (Wildman–Crippen MR) is 74.0 cm³/mol. The van der Waals surface area contributed by atoms with Crippen molar-refractivity contribution in [3.05, 3.63) is 35.4 Å². The zero-order valence-electron chi connectivity index (χ0n) is 11.2. The van der Waals surface area contributed by atoms with E-state index in [2.05, 4.69) is 38.1 Å². The van der Waals surface area contributed by atoms with Gasteiger partial charge >= 0.3 is 0 Å². The van der Waals surface area contributed by atoms with Crippen molar-refractivity contribution in [3.63, 3.8) is 0 Å². The van der Waals surface area contributed by atoms with Crippen LogP contribution in [0, 0.1) is 18.8 Å². The van der Waals surface area contributed by atoms with E-state index in [1.165, 1.54) is 43.2 Å². The molecule has 1 nitrogen and oxygen atoms in total. The first-order chi connectivity index (χ1) is 8.20. The Morgan fingerprint density at radius 1 is 1.24 bits per heavy atom. The van der Waals surface area contributed by atoms with Crippen LogP contribution in [0.2, 0.25) is 0 Å². The summed E-state index contributed by atoms with van der Waals surface area (Å²) in [5, 5.41) is 0. The van der Waals surface area contributed by atoms with E-state index in [9.17, 15) is 0 Å². The predicted octanol–water partition coefficient (Wildman–Crippen LogP) is 3.69. The van der Waals surface area contributed by atoms with Gasteiger partial charge in [0.25, 0.3) is 0 Å². The van der Waals surface area contributed by atoms with Gasteiger partial charge in [-0.1, -0.05) is 37.6 Å². The first kappa shape index (κ1) is 12.6. The molecule has 0 spiro atoms. The maximum absolute atomic E-state index is 6.29. The molecule has 94 valence electrons. The summed E-state index contributed by atoms with van der Waals surface area (Å²) >= 11 is 0. The quantitative estimate of drug-likeness (QED) is 0.843. The minimum atomic E-state index is 0.414. The van der Waals surface area contributed by atoms with E-state index in [4.69, 9.17) is 5.73 Å². The highest BCUT2D eigenvalue weighted by molar-refractivity contribution is 5.26. The lowest BCUT2D eigenvalue weighted by Crippen LogP contribution is -2.37. The van der Waals surface area contributed by atoms with Crippen molar-refractivity contribution < 1.29 is 0 Å². The summed E-state index contributed by atoms with van der Waals surface area (Å²) in [5.41, 5.74) is 9.20. The first-order valence-electron chi connectivity index (χ1n) is 7.00. The van der Waals surface area contributed by atoms with Gasteiger partial charge in [0, 0.05) is 6.04 Å². The number of hydrogen-bond acceptors (Lipinski definition) is 1. The van der Waals surface area contributed by atoms with Gasteiger partial charge in [0.1, 0.15) is 0 Å². The number of benzene rings is 1. The molecule has 0 aromatic heterocycles. The standard InChI is InChI=1S/C16H25N/c1-3-13-8-9-16(17)15(10-13)11-14-7-5-4-6-12(14)2/h4-7,13,15-16H,3,8-11,17H2,1-2H3. The van der Waals surface area contributed by atoms with Gasteiger partial charge < -0.3 is 5.73 Å². The molecule has 3 atom stereocenters. The normalized spacial score (nSPS) is 29.2. The smallest absolute Gasteiger partial charge is 0.00705 e. The molecule has 0 bridgehead atoms. The molecule has 0 aliphatic heterocycles. The molecule has 1 aliphatic rings. The molecule has 2 rings (SSSR count). The van der Waals surface area contributed by atoms with E-state index in [1.807, 2.05) is 0 Å². The molecule has 1 saturated carbocycles. The van der Waals surface area contributed by atoms with Crippen molar-refractivity contribution in [2.75, 3.05) is 0 Å². The molecule has 1 aromatic rings. The van der Waals surface area contributed by atoms with Gasteiger partial charge in [0.2, 0.25) is 0 Å². The van der Waals surface area contributed by atoms with Crippen LogP contribution in [0.4, 0.5) is 0 Å². The molecule has 1 fully saturated rings. The van der Waals surface area contributed by atoms with Crippen molar-refractivity contribution in [2.45, 2.75) is 52.0 Å². The highest BCUT2D eigenvalue weighted by Crippen LogP contribution is 2.32. The minimum Gasteiger partial charge on any atom is -0.327 e. The summed E-state index contributed by atoms with van der Waals surface area (Å²) in [6.07, 6.45) is 6.37. The van der Waals surface area contributed by atoms with E-state index < -0.39 is 0 Å². The largest absolute Gasteiger partial charge is 0.327 e. The van der Waals surface area contributed by atoms with Crippen LogP contribution in [-0.2, 0) is 6.42 Å². The lowest BCUT2D eigenvalue weighted by atomic mass is 9.74. The molecular weight excluding hydrogens is 206 g/mol. The molecule has 1 aliphatic carbocycles. The Bertz CT molecular complexity index is 358. The average Bonchev–Trinajstić information content (AvgIpc) is 2.35. The van der Waals surface area contributed by atoms with Gasteiger partial charge in [-0.3, -0.25) is 0 Å². The van der Waals surface area contributed by atoms with Crippen LogP contribution in [0.5, 0.6) is 0 Å². The Balaban J connectivity index is 2.04. The Hall–Kier alpha value is -0.820. The van der Waals surface area contributed by atoms with Gasteiger partial charge in [-0.05, 0) is 55.6 Å². The average molecular weight is 231 g/mol. The SMILES string of the molecule is CCC1CCC(N)C(Cc2ccccc2C)C1. The Kier molecular flexibility index (Phi) is 4.22. The second kappa shape index (κ2) is 5.68. The summed E-state index contributed by atoms with van der Waals surface area (Å²) in [6.45, 7) is 4.52. The Labute approximate surface area is 105 Å². The first-order valence-corrected chi connectivity index (χ1v) is 7.00. The second-order valence-electron chi connectivity index (χ2n) is 5.64. The van der Waals surface area contributed by atoms with E-state index in [0.29, 0.717) is 12.0 Å². The molecule has 17 heavy (non-hydrogen) atoms. The van der Waals surface area contributed by atoms with Crippen molar-refractivity contribution in [3.8, 4) is 0 Å². The monoisotopic (exact) mass is 231 g/mol. The second-order valence-corrected chi connectivity index (χ2v) is 5.64. The third-order valence-corrected chi connectivity index (χ3v) is 4.47. The lowest BCUT2D eigenvalue weighted by Gasteiger charge is -2.34. The maximum atomic E-state index is 6.29. The molecule has 0 heterocycles. The van der Waals surface area contributed by atoms with E-state index in [1.54, 1.807) is 0 Å². The summed E-state index contributed by atoms with van der Waals surface area (Å²) in [7, 11) is 0. The Morgan fingerprint density at radius 3 is 2.71 bits per heavy atom. The van der Waals surface area contributed by atoms with Crippen molar-refractivity contribution in [2.24, 2.45) is 17.6 Å². The van der Waals surface area contributed by atoms with Crippen LogP contribution in [0.25, 0.3) is 0 Å². The fourth-order valence-corrected chi connectivity index (χ4v) is 3.11. The molecule has 0 saturated heterocycles. The highest BCUT2D eigenvalue weighted by atomic mass is 14.7. The molecule has 0 amide bonds. The number of rotatable bonds is 3. The molecule has 1 aromatic carbocycles. The molecule has 1 heteroatoms. The van der Waals surface area contributed by atoms with Crippen molar-refractivity contribution in [1.82, 2.24) is 0 Å². The zero-order chi connectivity index (χ0) is 12.3. The van der Waals surface area contributed by atoms with Crippen molar-refractivity contribution >= 4 is 0 Å². The Morgan fingerprint density at radius 2 is 2.00 bits per heavy atom. The van der Waals surface area contributed by atoms with Crippen LogP contribution in [-0.4, -0.2) is 6.04 Å². The van der Waals surface area contributed by atoms with Crippen molar-refractivity contribution in [1.29, 1.82) is 0 Å². The highest BCUT2D eigenvalue weighted by Gasteiger charge is 2.27. The van der Waals surface area contributed by atoms with Gasteiger partial charge in [-0.15, -0.1) is 0 Å². The fraction of sp³-hybridized carbons (Fsp3) is 0.625. The van der Waals surface area contributed by atoms with Crippen LogP contribution in [0.3, 0.4) is 0 Å². The molecule has 3 unspecified atom stereocenters. The summed E-state index contributed by atoms with van der Waals surface area (Å²) in [5.74, 6) is 1.60. The lowest BCUT2D eigenvalue weighted by molar-refractivity contribution is 0.227. The number of nitrogens with two attached hydrogens (primary N) is 1. The maximum Gasteiger partial charge on any atom is 0.00705 e. The van der Waals surface area contributed by atoms with Gasteiger partial charge in [-0.25, -0.2) is 0 Å². The number of aryl methyl sites for hydroxylation is 1. The van der Waals surface area contributed by atoms with Crippen LogP contribution < -0.4 is 5.73 Å². The fourth-order valence-electron chi connectivity index (χ4n) is 3.11. The summed E-state index contributed by atoms with van der Waals surface area (Å²) in [6, 6.07) is 9.15. The molecule has 2 N–H and O–H groups in total.